The van der Waals surface area contributed by atoms with Crippen LogP contribution < -0.4 is 9.86 Å². The molecule has 3 N–H and O–H groups in total. The Morgan fingerprint density at radius 1 is 1.40 bits per heavy atom. The highest BCUT2D eigenvalue weighted by Crippen LogP contribution is 2.21. The summed E-state index contributed by atoms with van der Waals surface area (Å²) in [4.78, 5) is 2.31. The molecule has 0 unspecified atom stereocenters. The first kappa shape index (κ1) is 15.7. The van der Waals surface area contributed by atoms with Crippen LogP contribution in [0.1, 0.15) is 18.4 Å². The summed E-state index contributed by atoms with van der Waals surface area (Å²) in [5, 5.41) is 5.74. The van der Waals surface area contributed by atoms with Gasteiger partial charge >= 0.3 is 0 Å². The van der Waals surface area contributed by atoms with Gasteiger partial charge in [0.1, 0.15) is 0 Å². The first-order valence-corrected chi connectivity index (χ1v) is 8.59. The van der Waals surface area contributed by atoms with Crippen molar-refractivity contribution >= 4 is 21.8 Å². The van der Waals surface area contributed by atoms with E-state index in [9.17, 15) is 8.42 Å². The van der Waals surface area contributed by atoms with E-state index in [4.69, 9.17) is 16.7 Å². The van der Waals surface area contributed by atoms with Crippen LogP contribution in [-0.4, -0.2) is 33.0 Å². The summed E-state index contributed by atoms with van der Waals surface area (Å²) in [6.45, 7) is 3.06. The van der Waals surface area contributed by atoms with Gasteiger partial charge in [0.05, 0.1) is 0 Å². The van der Waals surface area contributed by atoms with Crippen molar-refractivity contribution in [3.05, 3.63) is 34.9 Å². The second-order valence-corrected chi connectivity index (χ2v) is 7.01. The molecule has 1 aliphatic rings. The lowest BCUT2D eigenvalue weighted by Crippen LogP contribution is -2.42. The smallest absolute Gasteiger partial charge is 0.274 e. The quantitative estimate of drug-likeness (QED) is 0.860. The molecule has 0 saturated carbocycles. The Labute approximate surface area is 125 Å². The van der Waals surface area contributed by atoms with Crippen molar-refractivity contribution < 1.29 is 8.42 Å². The van der Waals surface area contributed by atoms with Crippen LogP contribution >= 0.6 is 11.6 Å². The SMILES string of the molecule is NS(=O)(=O)NC[C@@H]1CCCN(Cc2ccccc2Cl)C1. The number of hydrogen-bond acceptors (Lipinski definition) is 3. The summed E-state index contributed by atoms with van der Waals surface area (Å²) in [7, 11) is -3.60. The zero-order valence-electron chi connectivity index (χ0n) is 11.3. The topological polar surface area (TPSA) is 75.4 Å². The summed E-state index contributed by atoms with van der Waals surface area (Å²) >= 11 is 6.17. The third-order valence-electron chi connectivity index (χ3n) is 3.53. The zero-order chi connectivity index (χ0) is 14.6. The highest BCUT2D eigenvalue weighted by Gasteiger charge is 2.21. The van der Waals surface area contributed by atoms with Gasteiger partial charge in [-0.05, 0) is 36.9 Å². The molecule has 0 aromatic heterocycles. The Kier molecular flexibility index (Phi) is 5.40. The number of nitrogens with zero attached hydrogens (tertiary/aromatic N) is 1. The Morgan fingerprint density at radius 3 is 2.85 bits per heavy atom. The van der Waals surface area contributed by atoms with Crippen molar-refractivity contribution in [2.24, 2.45) is 11.1 Å². The molecule has 0 amide bonds. The molecule has 1 saturated heterocycles. The van der Waals surface area contributed by atoms with Crippen LogP contribution in [0.15, 0.2) is 24.3 Å². The number of nitrogens with one attached hydrogen (secondary N) is 1. The highest BCUT2D eigenvalue weighted by atomic mass is 35.5. The van der Waals surface area contributed by atoms with E-state index in [0.29, 0.717) is 12.5 Å². The molecule has 0 spiro atoms. The van der Waals surface area contributed by atoms with Crippen LogP contribution in [0.2, 0.25) is 5.02 Å². The van der Waals surface area contributed by atoms with Crippen molar-refractivity contribution in [1.29, 1.82) is 0 Å². The van der Waals surface area contributed by atoms with Crippen LogP contribution in [0.25, 0.3) is 0 Å². The molecule has 1 heterocycles. The number of likely N-dealkylation sites (tertiary alicyclic amines) is 1. The zero-order valence-corrected chi connectivity index (χ0v) is 12.8. The molecule has 5 nitrogen and oxygen atoms in total. The third kappa shape index (κ3) is 5.03. The standard InChI is InChI=1S/C13H20ClN3O2S/c14-13-6-2-1-5-12(13)10-17-7-3-4-11(9-17)8-16-20(15,18)19/h1-2,5-6,11,16H,3-4,7-10H2,(H2,15,18,19)/t11-/m0/s1. The molecule has 1 atom stereocenters. The van der Waals surface area contributed by atoms with Crippen molar-refractivity contribution in [3.63, 3.8) is 0 Å². The molecule has 1 aliphatic heterocycles. The highest BCUT2D eigenvalue weighted by molar-refractivity contribution is 7.87. The molecule has 2 rings (SSSR count). The fourth-order valence-electron chi connectivity index (χ4n) is 2.56. The number of piperidine rings is 1. The Hall–Kier alpha value is -0.660. The van der Waals surface area contributed by atoms with E-state index in [-0.39, 0.29) is 0 Å². The minimum Gasteiger partial charge on any atom is -0.299 e. The van der Waals surface area contributed by atoms with Gasteiger partial charge < -0.3 is 0 Å². The number of hydrogen-bond donors (Lipinski definition) is 2. The maximum Gasteiger partial charge on any atom is 0.274 e. The van der Waals surface area contributed by atoms with Gasteiger partial charge in [-0.3, -0.25) is 4.90 Å². The molecular weight excluding hydrogens is 298 g/mol. The van der Waals surface area contributed by atoms with E-state index >= 15 is 0 Å². The number of halogens is 1. The molecule has 112 valence electrons. The number of nitrogens with two attached hydrogens (primary N) is 1. The van der Waals surface area contributed by atoms with Crippen LogP contribution in [0.3, 0.4) is 0 Å². The van der Waals surface area contributed by atoms with Gasteiger partial charge in [-0.15, -0.1) is 0 Å². The van der Waals surface area contributed by atoms with E-state index < -0.39 is 10.2 Å². The Morgan fingerprint density at radius 2 is 2.15 bits per heavy atom. The lowest BCUT2D eigenvalue weighted by atomic mass is 9.98. The predicted octanol–water partition coefficient (Wildman–Crippen LogP) is 1.35. The largest absolute Gasteiger partial charge is 0.299 e. The molecule has 20 heavy (non-hydrogen) atoms. The maximum absolute atomic E-state index is 10.9. The minimum atomic E-state index is -3.60. The van der Waals surface area contributed by atoms with Crippen molar-refractivity contribution in [2.75, 3.05) is 19.6 Å². The van der Waals surface area contributed by atoms with E-state index in [1.165, 1.54) is 0 Å². The van der Waals surface area contributed by atoms with E-state index in [2.05, 4.69) is 9.62 Å². The lowest BCUT2D eigenvalue weighted by Gasteiger charge is -2.32. The first-order chi connectivity index (χ1) is 9.44. The van der Waals surface area contributed by atoms with Crippen LogP contribution in [0.5, 0.6) is 0 Å². The molecule has 1 aromatic rings. The van der Waals surface area contributed by atoms with Crippen molar-refractivity contribution in [2.45, 2.75) is 19.4 Å². The van der Waals surface area contributed by atoms with Crippen LogP contribution in [0.4, 0.5) is 0 Å². The monoisotopic (exact) mass is 317 g/mol. The average molecular weight is 318 g/mol. The lowest BCUT2D eigenvalue weighted by molar-refractivity contribution is 0.169. The molecule has 0 radical (unpaired) electrons. The van der Waals surface area contributed by atoms with Crippen LogP contribution in [0, 0.1) is 5.92 Å². The molecule has 1 aromatic carbocycles. The van der Waals surface area contributed by atoms with Gasteiger partial charge in [-0.25, -0.2) is 9.86 Å². The summed E-state index contributed by atoms with van der Waals surface area (Å²) in [5.74, 6) is 0.296. The summed E-state index contributed by atoms with van der Waals surface area (Å²) in [5.41, 5.74) is 1.11. The molecule has 0 bridgehead atoms. The maximum atomic E-state index is 10.9. The van der Waals surface area contributed by atoms with E-state index in [0.717, 1.165) is 43.1 Å². The van der Waals surface area contributed by atoms with Gasteiger partial charge in [0.2, 0.25) is 0 Å². The summed E-state index contributed by atoms with van der Waals surface area (Å²) < 4.78 is 24.2. The fourth-order valence-corrected chi connectivity index (χ4v) is 3.23. The van der Waals surface area contributed by atoms with Gasteiger partial charge in [-0.2, -0.15) is 8.42 Å². The third-order valence-corrected chi connectivity index (χ3v) is 4.47. The van der Waals surface area contributed by atoms with Gasteiger partial charge in [0, 0.05) is 24.7 Å². The van der Waals surface area contributed by atoms with Crippen molar-refractivity contribution in [1.82, 2.24) is 9.62 Å². The Bertz CT molecular complexity index is 550. The molecular formula is C13H20ClN3O2S. The van der Waals surface area contributed by atoms with Crippen molar-refractivity contribution in [3.8, 4) is 0 Å². The first-order valence-electron chi connectivity index (χ1n) is 6.67. The normalized spacial score (nSPS) is 21.0. The van der Waals surface area contributed by atoms with Gasteiger partial charge in [-0.1, -0.05) is 29.8 Å². The predicted molar refractivity (Wildman–Crippen MR) is 80.6 cm³/mol. The van der Waals surface area contributed by atoms with E-state index in [1.807, 2.05) is 24.3 Å². The molecule has 0 aliphatic carbocycles. The van der Waals surface area contributed by atoms with E-state index in [1.54, 1.807) is 0 Å². The fraction of sp³-hybridized carbons (Fsp3) is 0.538. The summed E-state index contributed by atoms with van der Waals surface area (Å²) in [6, 6.07) is 7.81. The Balaban J connectivity index is 1.89. The second kappa shape index (κ2) is 6.87. The second-order valence-electron chi connectivity index (χ2n) is 5.23. The molecule has 7 heteroatoms. The number of benzene rings is 1. The average Bonchev–Trinajstić information content (AvgIpc) is 2.39. The minimum absolute atomic E-state index is 0.296. The van der Waals surface area contributed by atoms with Gasteiger partial charge in [0.15, 0.2) is 0 Å². The number of rotatable bonds is 5. The van der Waals surface area contributed by atoms with Gasteiger partial charge in [0.25, 0.3) is 10.2 Å². The van der Waals surface area contributed by atoms with Crippen LogP contribution in [-0.2, 0) is 16.8 Å². The summed E-state index contributed by atoms with van der Waals surface area (Å²) in [6.07, 6.45) is 2.07. The molecule has 1 fully saturated rings.